The summed E-state index contributed by atoms with van der Waals surface area (Å²) >= 11 is 6.13. The Morgan fingerprint density at radius 1 is 1.24 bits per heavy atom. The fraction of sp³-hybridized carbons (Fsp3) is 0.412. The molecule has 2 unspecified atom stereocenters. The number of likely N-dealkylation sites (tertiary alicyclic amines) is 1. The summed E-state index contributed by atoms with van der Waals surface area (Å²) < 4.78 is 0. The normalized spacial score (nSPS) is 22.5. The van der Waals surface area contributed by atoms with Crippen LogP contribution in [0.25, 0.3) is 10.8 Å². The minimum absolute atomic E-state index is 0.0640. The van der Waals surface area contributed by atoms with Crippen molar-refractivity contribution in [2.24, 2.45) is 11.8 Å². The predicted octanol–water partition coefficient (Wildman–Crippen LogP) is 4.01. The lowest BCUT2D eigenvalue weighted by Gasteiger charge is -2.35. The summed E-state index contributed by atoms with van der Waals surface area (Å²) in [5.41, 5.74) is 0.650. The van der Waals surface area contributed by atoms with E-state index in [1.165, 1.54) is 0 Å². The van der Waals surface area contributed by atoms with Crippen LogP contribution in [0.1, 0.15) is 30.6 Å². The molecule has 2 aromatic rings. The van der Waals surface area contributed by atoms with Crippen LogP contribution in [0.3, 0.4) is 0 Å². The third kappa shape index (κ3) is 2.62. The number of amides is 1. The molecule has 1 aliphatic heterocycles. The van der Waals surface area contributed by atoms with Crippen molar-refractivity contribution in [3.05, 3.63) is 41.2 Å². The Hall–Kier alpha value is -1.61. The zero-order valence-electron chi connectivity index (χ0n) is 12.3. The van der Waals surface area contributed by atoms with E-state index in [4.69, 9.17) is 11.6 Å². The first kappa shape index (κ1) is 14.3. The lowest BCUT2D eigenvalue weighted by molar-refractivity contribution is 0.0629. The summed E-state index contributed by atoms with van der Waals surface area (Å²) in [7, 11) is 0. The number of aromatic nitrogens is 1. The Bertz CT molecular complexity index is 686. The summed E-state index contributed by atoms with van der Waals surface area (Å²) in [5.74, 6) is 1.28. The predicted molar refractivity (Wildman–Crippen MR) is 85.6 cm³/mol. The average Bonchev–Trinajstić information content (AvgIpc) is 2.50. The van der Waals surface area contributed by atoms with E-state index in [0.29, 0.717) is 22.6 Å². The van der Waals surface area contributed by atoms with Gasteiger partial charge in [-0.2, -0.15) is 0 Å². The van der Waals surface area contributed by atoms with Gasteiger partial charge in [0.05, 0.1) is 5.56 Å². The van der Waals surface area contributed by atoms with Gasteiger partial charge < -0.3 is 4.90 Å². The van der Waals surface area contributed by atoms with Crippen LogP contribution in [-0.2, 0) is 0 Å². The van der Waals surface area contributed by atoms with Crippen molar-refractivity contribution in [3.8, 4) is 0 Å². The molecule has 21 heavy (non-hydrogen) atoms. The van der Waals surface area contributed by atoms with Gasteiger partial charge in [0.25, 0.3) is 5.91 Å². The molecular weight excluding hydrogens is 284 g/mol. The molecule has 2 heterocycles. The Morgan fingerprint density at radius 2 is 1.95 bits per heavy atom. The minimum Gasteiger partial charge on any atom is -0.338 e. The molecule has 0 saturated carbocycles. The van der Waals surface area contributed by atoms with E-state index in [1.807, 2.05) is 29.2 Å². The van der Waals surface area contributed by atoms with Gasteiger partial charge >= 0.3 is 0 Å². The smallest absolute Gasteiger partial charge is 0.256 e. The molecule has 1 aromatic heterocycles. The van der Waals surface area contributed by atoms with Crippen molar-refractivity contribution < 1.29 is 4.79 Å². The molecule has 0 spiro atoms. The number of fused-ring (bicyclic) bond motifs is 1. The molecule has 3 rings (SSSR count). The Morgan fingerprint density at radius 3 is 2.67 bits per heavy atom. The zero-order valence-corrected chi connectivity index (χ0v) is 13.1. The van der Waals surface area contributed by atoms with Crippen LogP contribution in [0.5, 0.6) is 0 Å². The van der Waals surface area contributed by atoms with Gasteiger partial charge in [-0.1, -0.05) is 49.7 Å². The van der Waals surface area contributed by atoms with E-state index < -0.39 is 0 Å². The molecule has 1 aromatic carbocycles. The van der Waals surface area contributed by atoms with Gasteiger partial charge in [-0.25, -0.2) is 4.98 Å². The monoisotopic (exact) mass is 302 g/mol. The van der Waals surface area contributed by atoms with Crippen LogP contribution in [0.2, 0.25) is 5.15 Å². The third-order valence-corrected chi connectivity index (χ3v) is 4.90. The fourth-order valence-corrected chi connectivity index (χ4v) is 3.16. The van der Waals surface area contributed by atoms with Crippen LogP contribution in [0.4, 0.5) is 0 Å². The number of carbonyl (C=O) groups excluding carboxylic acids is 1. The molecule has 0 aliphatic carbocycles. The summed E-state index contributed by atoms with van der Waals surface area (Å²) in [5, 5.41) is 2.17. The van der Waals surface area contributed by atoms with E-state index in [9.17, 15) is 4.79 Å². The van der Waals surface area contributed by atoms with Gasteiger partial charge in [0.2, 0.25) is 0 Å². The van der Waals surface area contributed by atoms with Crippen molar-refractivity contribution in [3.63, 3.8) is 0 Å². The largest absolute Gasteiger partial charge is 0.338 e. The van der Waals surface area contributed by atoms with E-state index >= 15 is 0 Å². The molecule has 110 valence electrons. The van der Waals surface area contributed by atoms with Gasteiger partial charge in [0.1, 0.15) is 5.15 Å². The number of benzene rings is 1. The molecule has 3 nitrogen and oxygen atoms in total. The minimum atomic E-state index is 0.0640. The van der Waals surface area contributed by atoms with Gasteiger partial charge in [0.15, 0.2) is 0 Å². The first-order valence-electron chi connectivity index (χ1n) is 7.40. The maximum absolute atomic E-state index is 12.8. The highest BCUT2D eigenvalue weighted by Gasteiger charge is 2.27. The number of hydrogen-bond acceptors (Lipinski definition) is 2. The molecule has 4 heteroatoms. The van der Waals surface area contributed by atoms with Crippen LogP contribution in [-0.4, -0.2) is 28.9 Å². The summed E-state index contributed by atoms with van der Waals surface area (Å²) in [6, 6.07) is 7.68. The van der Waals surface area contributed by atoms with E-state index in [1.54, 1.807) is 6.20 Å². The van der Waals surface area contributed by atoms with Crippen LogP contribution >= 0.6 is 11.6 Å². The second-order valence-electron chi connectivity index (χ2n) is 6.00. The lowest BCUT2D eigenvalue weighted by atomic mass is 9.88. The Labute approximate surface area is 129 Å². The zero-order chi connectivity index (χ0) is 15.0. The van der Waals surface area contributed by atoms with Crippen molar-refractivity contribution in [2.45, 2.75) is 20.3 Å². The molecular formula is C17H19ClN2O. The highest BCUT2D eigenvalue weighted by Crippen LogP contribution is 2.28. The molecule has 2 atom stereocenters. The Kier molecular flexibility index (Phi) is 3.85. The number of hydrogen-bond donors (Lipinski definition) is 0. The first-order valence-corrected chi connectivity index (χ1v) is 7.78. The number of pyridine rings is 1. The first-order chi connectivity index (χ1) is 10.1. The van der Waals surface area contributed by atoms with Crippen molar-refractivity contribution >= 4 is 28.3 Å². The van der Waals surface area contributed by atoms with Crippen molar-refractivity contribution in [2.75, 3.05) is 13.1 Å². The highest BCUT2D eigenvalue weighted by atomic mass is 35.5. The van der Waals surface area contributed by atoms with Gasteiger partial charge in [-0.3, -0.25) is 4.79 Å². The molecule has 1 saturated heterocycles. The number of halogens is 1. The number of rotatable bonds is 1. The summed E-state index contributed by atoms with van der Waals surface area (Å²) in [4.78, 5) is 18.9. The second kappa shape index (κ2) is 5.64. The SMILES string of the molecule is CC1CCN(C(=O)c2cnc(Cl)c3ccccc23)CC1C. The van der Waals surface area contributed by atoms with Crippen LogP contribution < -0.4 is 0 Å². The van der Waals surface area contributed by atoms with E-state index in [0.717, 1.165) is 30.3 Å². The molecule has 1 aliphatic rings. The fourth-order valence-electron chi connectivity index (χ4n) is 2.95. The molecule has 1 amide bonds. The quantitative estimate of drug-likeness (QED) is 0.746. The van der Waals surface area contributed by atoms with Crippen molar-refractivity contribution in [1.29, 1.82) is 0 Å². The van der Waals surface area contributed by atoms with Gasteiger partial charge in [-0.05, 0) is 23.6 Å². The molecule has 0 bridgehead atoms. The number of nitrogens with zero attached hydrogens (tertiary/aromatic N) is 2. The summed E-state index contributed by atoms with van der Waals surface area (Å²) in [6.07, 6.45) is 2.67. The Balaban J connectivity index is 1.97. The average molecular weight is 303 g/mol. The van der Waals surface area contributed by atoms with Crippen molar-refractivity contribution in [1.82, 2.24) is 9.88 Å². The van der Waals surface area contributed by atoms with Crippen LogP contribution in [0.15, 0.2) is 30.5 Å². The lowest BCUT2D eigenvalue weighted by Crippen LogP contribution is -2.42. The number of carbonyl (C=O) groups is 1. The maximum atomic E-state index is 12.8. The molecule has 0 N–H and O–H groups in total. The molecule has 0 radical (unpaired) electrons. The van der Waals surface area contributed by atoms with E-state index in [2.05, 4.69) is 18.8 Å². The maximum Gasteiger partial charge on any atom is 0.256 e. The standard InChI is InChI=1S/C17H19ClN2O/c1-11-7-8-20(10-12(11)2)17(21)15-9-19-16(18)14-6-4-3-5-13(14)15/h3-6,9,11-12H,7-8,10H2,1-2H3. The number of piperidine rings is 1. The third-order valence-electron chi connectivity index (χ3n) is 4.60. The molecule has 1 fully saturated rings. The summed E-state index contributed by atoms with van der Waals surface area (Å²) in [6.45, 7) is 6.10. The topological polar surface area (TPSA) is 33.2 Å². The highest BCUT2D eigenvalue weighted by molar-refractivity contribution is 6.34. The van der Waals surface area contributed by atoms with E-state index in [-0.39, 0.29) is 5.91 Å². The van der Waals surface area contributed by atoms with Gasteiger partial charge in [-0.15, -0.1) is 0 Å². The van der Waals surface area contributed by atoms with Crippen LogP contribution in [0, 0.1) is 11.8 Å². The van der Waals surface area contributed by atoms with Gasteiger partial charge in [0, 0.05) is 24.7 Å². The second-order valence-corrected chi connectivity index (χ2v) is 6.36.